The number of fused-ring (bicyclic) bond motifs is 2. The van der Waals surface area contributed by atoms with Gasteiger partial charge in [-0.1, -0.05) is 30.0 Å². The molecule has 1 aliphatic carbocycles. The van der Waals surface area contributed by atoms with Crippen molar-refractivity contribution in [3.05, 3.63) is 65.2 Å². The number of nitrogens with zero attached hydrogens (tertiary/aromatic N) is 2. The molecule has 2 heterocycles. The van der Waals surface area contributed by atoms with Crippen LogP contribution in [0.25, 0.3) is 0 Å². The lowest BCUT2D eigenvalue weighted by Crippen LogP contribution is -2.50. The third-order valence-electron chi connectivity index (χ3n) is 5.59. The van der Waals surface area contributed by atoms with Crippen molar-refractivity contribution in [3.8, 4) is 0 Å². The van der Waals surface area contributed by atoms with Crippen molar-refractivity contribution in [1.29, 1.82) is 0 Å². The van der Waals surface area contributed by atoms with Gasteiger partial charge in [0.05, 0.1) is 6.04 Å². The largest absolute Gasteiger partial charge is 0.320 e. The number of thioether (sulfide) groups is 2. The van der Waals surface area contributed by atoms with Gasteiger partial charge in [-0.2, -0.15) is 5.10 Å². The highest BCUT2D eigenvalue weighted by atomic mass is 32.2. The molecule has 3 aliphatic rings. The van der Waals surface area contributed by atoms with Crippen molar-refractivity contribution >= 4 is 34.5 Å². The molecule has 2 aromatic rings. The molecule has 2 N–H and O–H groups in total. The number of rotatable bonds is 3. The number of carbonyl (C=O) groups excluding carboxylic acids is 1. The second-order valence-electron chi connectivity index (χ2n) is 7.52. The first-order valence-corrected chi connectivity index (χ1v) is 11.3. The molecule has 1 amide bonds. The van der Waals surface area contributed by atoms with Crippen LogP contribution in [-0.4, -0.2) is 27.8 Å². The van der Waals surface area contributed by atoms with Crippen molar-refractivity contribution in [2.75, 3.05) is 5.75 Å². The average Bonchev–Trinajstić information content (AvgIpc) is 3.51. The van der Waals surface area contributed by atoms with Crippen LogP contribution in [0, 0.1) is 17.6 Å². The monoisotopic (exact) mass is 431 g/mol. The third-order valence-corrected chi connectivity index (χ3v) is 8.09. The van der Waals surface area contributed by atoms with Gasteiger partial charge in [0.2, 0.25) is 0 Å². The molecule has 2 aromatic carbocycles. The Balaban J connectivity index is 1.63. The molecule has 8 heteroatoms. The molecule has 2 atom stereocenters. The van der Waals surface area contributed by atoms with Gasteiger partial charge >= 0.3 is 0 Å². The Bertz CT molecular complexity index is 1030. The van der Waals surface area contributed by atoms with Crippen LogP contribution >= 0.6 is 23.5 Å². The van der Waals surface area contributed by atoms with Gasteiger partial charge in [-0.25, -0.2) is 13.8 Å². The molecule has 1 saturated carbocycles. The molecule has 5 rings (SSSR count). The van der Waals surface area contributed by atoms with E-state index in [1.54, 1.807) is 11.8 Å². The average molecular weight is 432 g/mol. The molecule has 0 radical (unpaired) electrons. The highest BCUT2D eigenvalue weighted by Gasteiger charge is 2.53. The summed E-state index contributed by atoms with van der Waals surface area (Å²) in [6.45, 7) is 0. The van der Waals surface area contributed by atoms with Crippen LogP contribution in [0.15, 0.2) is 52.5 Å². The number of hydrogen-bond donors (Lipinski definition) is 1. The minimum Gasteiger partial charge on any atom is -0.320 e. The van der Waals surface area contributed by atoms with Gasteiger partial charge in [0, 0.05) is 21.8 Å². The summed E-state index contributed by atoms with van der Waals surface area (Å²) >= 11 is 3.04. The van der Waals surface area contributed by atoms with Crippen LogP contribution in [0.5, 0.6) is 0 Å². The number of hydrogen-bond acceptors (Lipinski definition) is 5. The summed E-state index contributed by atoms with van der Waals surface area (Å²) in [4.78, 5) is 13.6. The maximum atomic E-state index is 14.5. The highest BCUT2D eigenvalue weighted by Crippen LogP contribution is 2.55. The summed E-state index contributed by atoms with van der Waals surface area (Å²) in [6.07, 6.45) is 2.51. The van der Waals surface area contributed by atoms with Gasteiger partial charge in [0.25, 0.3) is 5.91 Å². The summed E-state index contributed by atoms with van der Waals surface area (Å²) in [5.41, 5.74) is 7.28. The summed E-state index contributed by atoms with van der Waals surface area (Å²) in [5, 5.41) is 6.30. The van der Waals surface area contributed by atoms with E-state index in [0.717, 1.165) is 47.3 Å². The van der Waals surface area contributed by atoms with Gasteiger partial charge < -0.3 is 5.73 Å². The zero-order valence-corrected chi connectivity index (χ0v) is 17.1. The second kappa shape index (κ2) is 7.11. The number of carbonyl (C=O) groups is 1. The van der Waals surface area contributed by atoms with E-state index in [0.29, 0.717) is 11.5 Å². The molecule has 0 aromatic heterocycles. The Labute approximate surface area is 175 Å². The van der Waals surface area contributed by atoms with Gasteiger partial charge in [0.1, 0.15) is 21.5 Å². The van der Waals surface area contributed by atoms with E-state index in [2.05, 4.69) is 5.10 Å². The van der Waals surface area contributed by atoms with Gasteiger partial charge in [-0.05, 0) is 49.4 Å². The summed E-state index contributed by atoms with van der Waals surface area (Å²) < 4.78 is 28.3. The van der Waals surface area contributed by atoms with Crippen molar-refractivity contribution in [1.82, 2.24) is 5.01 Å². The molecule has 29 heavy (non-hydrogen) atoms. The first-order valence-electron chi connectivity index (χ1n) is 9.54. The van der Waals surface area contributed by atoms with E-state index >= 15 is 0 Å². The predicted molar refractivity (Wildman–Crippen MR) is 111 cm³/mol. The van der Waals surface area contributed by atoms with E-state index in [1.165, 1.54) is 16.8 Å². The Morgan fingerprint density at radius 2 is 2.03 bits per heavy atom. The van der Waals surface area contributed by atoms with Gasteiger partial charge in [0.15, 0.2) is 0 Å². The first kappa shape index (κ1) is 19.1. The van der Waals surface area contributed by atoms with Crippen LogP contribution in [0.1, 0.15) is 30.4 Å². The van der Waals surface area contributed by atoms with E-state index in [4.69, 9.17) is 5.73 Å². The molecular formula is C21H19F2N3OS2. The lowest BCUT2D eigenvalue weighted by atomic mass is 10.0. The fraction of sp³-hybridized carbons (Fsp3) is 0.333. The second-order valence-corrected chi connectivity index (χ2v) is 9.93. The number of nitrogens with two attached hydrogens (primary N) is 1. The fourth-order valence-corrected chi connectivity index (χ4v) is 6.66. The van der Waals surface area contributed by atoms with E-state index < -0.39 is 22.5 Å². The maximum Gasteiger partial charge on any atom is 0.261 e. The molecule has 2 aliphatic heterocycles. The number of amides is 1. The van der Waals surface area contributed by atoms with Gasteiger partial charge in [-0.15, -0.1) is 11.8 Å². The Morgan fingerprint density at radius 3 is 2.83 bits per heavy atom. The van der Waals surface area contributed by atoms with Crippen LogP contribution in [0.4, 0.5) is 8.78 Å². The lowest BCUT2D eigenvalue weighted by molar-refractivity contribution is -0.136. The maximum absolute atomic E-state index is 14.5. The zero-order chi connectivity index (χ0) is 20.2. The topological polar surface area (TPSA) is 58.7 Å². The quantitative estimate of drug-likeness (QED) is 0.788. The zero-order valence-electron chi connectivity index (χ0n) is 15.5. The van der Waals surface area contributed by atoms with Crippen molar-refractivity contribution in [2.24, 2.45) is 16.8 Å². The fourth-order valence-electron chi connectivity index (χ4n) is 3.87. The Morgan fingerprint density at radius 1 is 1.24 bits per heavy atom. The number of benzene rings is 2. The van der Waals surface area contributed by atoms with Gasteiger partial charge in [-0.3, -0.25) is 4.79 Å². The molecule has 0 bridgehead atoms. The van der Waals surface area contributed by atoms with Crippen LogP contribution < -0.4 is 5.73 Å². The molecule has 0 saturated heterocycles. The van der Waals surface area contributed by atoms with Crippen LogP contribution in [-0.2, 0) is 9.67 Å². The molecule has 1 fully saturated rings. The summed E-state index contributed by atoms with van der Waals surface area (Å²) in [6, 6.07) is 10.6. The minimum absolute atomic E-state index is 0.0698. The van der Waals surface area contributed by atoms with Crippen LogP contribution in [0.3, 0.4) is 0 Å². The molecule has 150 valence electrons. The molecule has 1 unspecified atom stereocenters. The summed E-state index contributed by atoms with van der Waals surface area (Å²) in [5.74, 6) is -0.401. The van der Waals surface area contributed by atoms with Crippen molar-refractivity contribution < 1.29 is 13.6 Å². The summed E-state index contributed by atoms with van der Waals surface area (Å²) in [7, 11) is 0. The minimum atomic E-state index is -0.792. The third kappa shape index (κ3) is 3.17. The Hall–Kier alpha value is -1.90. The molecular weight excluding hydrogens is 412 g/mol. The number of halogens is 2. The molecule has 1 spiro atoms. The van der Waals surface area contributed by atoms with Crippen molar-refractivity contribution in [2.45, 2.75) is 35.1 Å². The first-order chi connectivity index (χ1) is 14.0. The standard InChI is InChI=1S/C21H19F2N3OS2/c22-13-7-8-16(23)14(11-13)19-25-26(20(27)18(24)12-5-6-12)21(29-19)9-10-28-17-4-2-1-3-15(17)21/h1-4,7-8,11-12,18H,5-6,9-10,24H2/t18-,21?/m0/s1. The Kier molecular flexibility index (Phi) is 4.68. The highest BCUT2D eigenvalue weighted by molar-refractivity contribution is 8.15. The predicted octanol–water partition coefficient (Wildman–Crippen LogP) is 4.29. The van der Waals surface area contributed by atoms with E-state index in [1.807, 2.05) is 24.3 Å². The van der Waals surface area contributed by atoms with E-state index in [-0.39, 0.29) is 17.4 Å². The molecule has 4 nitrogen and oxygen atoms in total. The lowest BCUT2D eigenvalue weighted by Gasteiger charge is -2.40. The van der Waals surface area contributed by atoms with Crippen LogP contribution in [0.2, 0.25) is 0 Å². The van der Waals surface area contributed by atoms with Crippen molar-refractivity contribution in [3.63, 3.8) is 0 Å². The number of hydrazone groups is 1. The van der Waals surface area contributed by atoms with E-state index in [9.17, 15) is 13.6 Å². The smallest absolute Gasteiger partial charge is 0.261 e. The SMILES string of the molecule is N[C@H](C(=O)N1N=C(c2cc(F)ccc2F)SC12CCSc1ccccc12)C1CC1. The normalized spacial score (nSPS) is 24.4.